The van der Waals surface area contributed by atoms with Gasteiger partial charge in [-0.15, -0.1) is 0 Å². The molecule has 33 heavy (non-hydrogen) atoms. The number of fused-ring (bicyclic) bond motifs is 1. The highest BCUT2D eigenvalue weighted by Gasteiger charge is 2.37. The average Bonchev–Trinajstić information content (AvgIpc) is 3.40. The summed E-state index contributed by atoms with van der Waals surface area (Å²) in [7, 11) is 0. The molecule has 2 aromatic carbocycles. The third-order valence-corrected chi connectivity index (χ3v) is 5.98. The zero-order valence-electron chi connectivity index (χ0n) is 17.8. The molecule has 5 rings (SSSR count). The third kappa shape index (κ3) is 3.95. The molecule has 2 fully saturated rings. The van der Waals surface area contributed by atoms with E-state index >= 15 is 0 Å². The number of furan rings is 1. The number of anilines is 2. The summed E-state index contributed by atoms with van der Waals surface area (Å²) in [4.78, 5) is 41.7. The van der Waals surface area contributed by atoms with Crippen LogP contribution in [0.3, 0.4) is 0 Å². The summed E-state index contributed by atoms with van der Waals surface area (Å²) in [5.41, 5.74) is 0.901. The lowest BCUT2D eigenvalue weighted by atomic mass is 10.1. The normalized spacial score (nSPS) is 18.7. The predicted octanol–water partition coefficient (Wildman–Crippen LogP) is 3.04. The van der Waals surface area contributed by atoms with Crippen molar-refractivity contribution in [2.75, 3.05) is 43.1 Å². The van der Waals surface area contributed by atoms with Gasteiger partial charge in [0.25, 0.3) is 5.91 Å². The molecule has 0 spiro atoms. The Kier molecular flexibility index (Phi) is 5.55. The number of carbonyl (C=O) groups excluding carboxylic acids is 3. The molecule has 9 heteroatoms. The predicted molar refractivity (Wildman–Crippen MR) is 118 cm³/mol. The van der Waals surface area contributed by atoms with Crippen LogP contribution in [0.15, 0.2) is 52.9 Å². The number of benzene rings is 2. The van der Waals surface area contributed by atoms with E-state index in [1.807, 2.05) is 0 Å². The van der Waals surface area contributed by atoms with Crippen LogP contribution in [-0.4, -0.2) is 55.5 Å². The van der Waals surface area contributed by atoms with Crippen molar-refractivity contribution in [2.24, 2.45) is 5.92 Å². The molecule has 0 bridgehead atoms. The molecule has 8 nitrogen and oxygen atoms in total. The maximum atomic E-state index is 14.2. The largest absolute Gasteiger partial charge is 0.449 e. The highest BCUT2D eigenvalue weighted by Crippen LogP contribution is 2.34. The SMILES string of the molecule is O=C(Nc1c(C(=O)N2CCOCC2)oc2ccccc12)C1CC(=O)N(c2ccccc2F)C1. The van der Waals surface area contributed by atoms with Crippen molar-refractivity contribution in [1.29, 1.82) is 0 Å². The lowest BCUT2D eigenvalue weighted by Gasteiger charge is -2.26. The first kappa shape index (κ1) is 21.1. The number of hydrogen-bond donors (Lipinski definition) is 1. The molecule has 170 valence electrons. The fourth-order valence-electron chi connectivity index (χ4n) is 4.24. The van der Waals surface area contributed by atoms with Gasteiger partial charge in [-0.1, -0.05) is 24.3 Å². The zero-order chi connectivity index (χ0) is 22.9. The maximum absolute atomic E-state index is 14.2. The number of nitrogens with one attached hydrogen (secondary N) is 1. The van der Waals surface area contributed by atoms with Crippen molar-refractivity contribution in [3.05, 3.63) is 60.1 Å². The van der Waals surface area contributed by atoms with Crippen LogP contribution in [-0.2, 0) is 14.3 Å². The summed E-state index contributed by atoms with van der Waals surface area (Å²) < 4.78 is 25.3. The quantitative estimate of drug-likeness (QED) is 0.658. The Balaban J connectivity index is 1.41. The van der Waals surface area contributed by atoms with E-state index in [0.29, 0.717) is 37.3 Å². The number of nitrogens with zero attached hydrogens (tertiary/aromatic N) is 2. The van der Waals surface area contributed by atoms with E-state index in [9.17, 15) is 18.8 Å². The minimum atomic E-state index is -0.697. The number of para-hydroxylation sites is 2. The Hall–Kier alpha value is -3.72. The second-order valence-electron chi connectivity index (χ2n) is 8.05. The second-order valence-corrected chi connectivity index (χ2v) is 8.05. The van der Waals surface area contributed by atoms with Crippen LogP contribution in [0.2, 0.25) is 0 Å². The van der Waals surface area contributed by atoms with Crippen molar-refractivity contribution in [2.45, 2.75) is 6.42 Å². The molecule has 0 saturated carbocycles. The molecular formula is C24H22FN3O5. The summed E-state index contributed by atoms with van der Waals surface area (Å²) in [6.07, 6.45) is -0.0529. The molecule has 0 radical (unpaired) electrons. The average molecular weight is 451 g/mol. The maximum Gasteiger partial charge on any atom is 0.291 e. The molecule has 1 aromatic heterocycles. The van der Waals surface area contributed by atoms with E-state index < -0.39 is 17.6 Å². The van der Waals surface area contributed by atoms with Gasteiger partial charge in [-0.2, -0.15) is 0 Å². The van der Waals surface area contributed by atoms with Gasteiger partial charge in [0.15, 0.2) is 0 Å². The summed E-state index contributed by atoms with van der Waals surface area (Å²) in [5, 5.41) is 3.41. The molecule has 1 atom stereocenters. The number of morpholine rings is 1. The van der Waals surface area contributed by atoms with Crippen LogP contribution in [0.25, 0.3) is 11.0 Å². The van der Waals surface area contributed by atoms with Crippen LogP contribution >= 0.6 is 0 Å². The molecule has 3 amide bonds. The molecule has 3 heterocycles. The van der Waals surface area contributed by atoms with Gasteiger partial charge in [0.05, 0.1) is 24.8 Å². The number of amides is 3. The summed E-state index contributed by atoms with van der Waals surface area (Å²) in [5.74, 6) is -2.27. The highest BCUT2D eigenvalue weighted by molar-refractivity contribution is 6.12. The number of ether oxygens (including phenoxy) is 1. The Labute approximate surface area is 188 Å². The van der Waals surface area contributed by atoms with E-state index in [1.165, 1.54) is 17.0 Å². The van der Waals surface area contributed by atoms with Crippen molar-refractivity contribution in [3.8, 4) is 0 Å². The molecular weight excluding hydrogens is 429 g/mol. The fourth-order valence-corrected chi connectivity index (χ4v) is 4.24. The number of rotatable bonds is 4. The standard InChI is InChI=1S/C24H22FN3O5/c25-17-6-2-3-7-18(17)28-14-15(13-20(28)29)23(30)26-21-16-5-1-4-8-19(16)33-22(21)24(31)27-9-11-32-12-10-27/h1-8,15H,9-14H2,(H,26,30). The van der Waals surface area contributed by atoms with E-state index in [2.05, 4.69) is 5.32 Å². The fraction of sp³-hybridized carbons (Fsp3) is 0.292. The summed E-state index contributed by atoms with van der Waals surface area (Å²) >= 11 is 0. The van der Waals surface area contributed by atoms with Gasteiger partial charge in [-0.25, -0.2) is 4.39 Å². The van der Waals surface area contributed by atoms with Crippen molar-refractivity contribution >= 4 is 40.1 Å². The number of carbonyl (C=O) groups is 3. The van der Waals surface area contributed by atoms with Gasteiger partial charge in [-0.05, 0) is 24.3 Å². The van der Waals surface area contributed by atoms with Gasteiger partial charge in [0, 0.05) is 31.4 Å². The number of hydrogen-bond acceptors (Lipinski definition) is 5. The molecule has 1 N–H and O–H groups in total. The van der Waals surface area contributed by atoms with Gasteiger partial charge >= 0.3 is 0 Å². The minimum Gasteiger partial charge on any atom is -0.449 e. The Bertz CT molecular complexity index is 1230. The second kappa shape index (κ2) is 8.67. The van der Waals surface area contributed by atoms with Crippen molar-refractivity contribution < 1.29 is 27.9 Å². The first-order valence-electron chi connectivity index (χ1n) is 10.8. The molecule has 2 aliphatic rings. The van der Waals surface area contributed by atoms with Gasteiger partial charge < -0.3 is 24.3 Å². The van der Waals surface area contributed by atoms with Gasteiger partial charge in [-0.3, -0.25) is 14.4 Å². The molecule has 2 aliphatic heterocycles. The summed E-state index contributed by atoms with van der Waals surface area (Å²) in [6.45, 7) is 1.78. The van der Waals surface area contributed by atoms with Gasteiger partial charge in [0.2, 0.25) is 17.6 Å². The highest BCUT2D eigenvalue weighted by atomic mass is 19.1. The molecule has 2 saturated heterocycles. The smallest absolute Gasteiger partial charge is 0.291 e. The van der Waals surface area contributed by atoms with Crippen LogP contribution in [0.5, 0.6) is 0 Å². The van der Waals surface area contributed by atoms with Crippen LogP contribution < -0.4 is 10.2 Å². The Morgan fingerprint density at radius 3 is 2.55 bits per heavy atom. The lowest BCUT2D eigenvalue weighted by molar-refractivity contribution is -0.122. The summed E-state index contributed by atoms with van der Waals surface area (Å²) in [6, 6.07) is 13.0. The van der Waals surface area contributed by atoms with E-state index in [4.69, 9.17) is 9.15 Å². The van der Waals surface area contributed by atoms with E-state index in [-0.39, 0.29) is 41.9 Å². The van der Waals surface area contributed by atoms with E-state index in [1.54, 1.807) is 41.3 Å². The lowest BCUT2D eigenvalue weighted by Crippen LogP contribution is -2.40. The van der Waals surface area contributed by atoms with Crippen molar-refractivity contribution in [3.63, 3.8) is 0 Å². The molecule has 3 aromatic rings. The monoisotopic (exact) mass is 451 g/mol. The van der Waals surface area contributed by atoms with Crippen molar-refractivity contribution in [1.82, 2.24) is 4.90 Å². The zero-order valence-corrected chi connectivity index (χ0v) is 17.8. The van der Waals surface area contributed by atoms with Gasteiger partial charge in [0.1, 0.15) is 17.1 Å². The van der Waals surface area contributed by atoms with Crippen LogP contribution in [0.1, 0.15) is 17.0 Å². The Morgan fingerprint density at radius 1 is 1.03 bits per heavy atom. The van der Waals surface area contributed by atoms with Crippen LogP contribution in [0.4, 0.5) is 15.8 Å². The molecule has 1 unspecified atom stereocenters. The van der Waals surface area contributed by atoms with E-state index in [0.717, 1.165) is 0 Å². The third-order valence-electron chi connectivity index (χ3n) is 5.98. The first-order chi connectivity index (χ1) is 16.0. The number of halogens is 1. The first-order valence-corrected chi connectivity index (χ1v) is 10.8. The molecule has 0 aliphatic carbocycles. The topological polar surface area (TPSA) is 92.1 Å². The Morgan fingerprint density at radius 2 is 1.76 bits per heavy atom. The minimum absolute atomic E-state index is 0.0433. The van der Waals surface area contributed by atoms with Crippen LogP contribution in [0, 0.1) is 11.7 Å².